The second-order valence-electron chi connectivity index (χ2n) is 3.82. The molecule has 0 amide bonds. The molecule has 1 heterocycles. The summed E-state index contributed by atoms with van der Waals surface area (Å²) < 4.78 is 16.5. The summed E-state index contributed by atoms with van der Waals surface area (Å²) in [6.45, 7) is 0.0228. The molecule has 0 aliphatic rings. The predicted molar refractivity (Wildman–Crippen MR) is 73.6 cm³/mol. The number of ether oxygens (including phenoxy) is 3. The number of rotatable bonds is 5. The van der Waals surface area contributed by atoms with Crippen molar-refractivity contribution in [1.82, 2.24) is 9.78 Å². The highest BCUT2D eigenvalue weighted by Gasteiger charge is 2.12. The fourth-order valence-electron chi connectivity index (χ4n) is 1.52. The van der Waals surface area contributed by atoms with E-state index >= 15 is 0 Å². The summed E-state index contributed by atoms with van der Waals surface area (Å²) >= 11 is 5.94. The number of nitrogens with zero attached hydrogens (tertiary/aromatic N) is 2. The Hall–Kier alpha value is -2.05. The van der Waals surface area contributed by atoms with Gasteiger partial charge in [0.2, 0.25) is 5.75 Å². The normalized spacial score (nSPS) is 10.3. The van der Waals surface area contributed by atoms with Gasteiger partial charge in [0.05, 0.1) is 13.3 Å². The van der Waals surface area contributed by atoms with E-state index < -0.39 is 5.56 Å². The third-order valence-electron chi connectivity index (χ3n) is 2.49. The molecule has 2 aromatic rings. The van der Waals surface area contributed by atoms with Crippen LogP contribution >= 0.6 is 11.6 Å². The largest absolute Gasteiger partial charge is 0.497 e. The van der Waals surface area contributed by atoms with Gasteiger partial charge in [-0.3, -0.25) is 4.79 Å². The summed E-state index contributed by atoms with van der Waals surface area (Å²) in [5.74, 6) is 1.17. The van der Waals surface area contributed by atoms with E-state index in [1.54, 1.807) is 31.4 Å². The first kappa shape index (κ1) is 14.4. The van der Waals surface area contributed by atoms with Crippen molar-refractivity contribution in [3.8, 4) is 17.2 Å². The smallest absolute Gasteiger partial charge is 0.313 e. The van der Waals surface area contributed by atoms with Crippen molar-refractivity contribution in [2.24, 2.45) is 0 Å². The highest BCUT2D eigenvalue weighted by Crippen LogP contribution is 2.26. The molecule has 1 aromatic carbocycles. The molecule has 6 nitrogen and oxygen atoms in total. The third kappa shape index (κ3) is 3.09. The van der Waals surface area contributed by atoms with Gasteiger partial charge in [-0.1, -0.05) is 11.6 Å². The molecule has 0 aliphatic heterocycles. The number of aromatic nitrogens is 2. The number of halogens is 1. The summed E-state index contributed by atoms with van der Waals surface area (Å²) in [6, 6.07) is 6.79. The van der Waals surface area contributed by atoms with Crippen molar-refractivity contribution in [1.29, 1.82) is 0 Å². The fraction of sp³-hybridized carbons (Fsp3) is 0.231. The lowest BCUT2D eigenvalue weighted by Gasteiger charge is -2.09. The third-order valence-corrected chi connectivity index (χ3v) is 2.76. The lowest BCUT2D eigenvalue weighted by atomic mass is 10.3. The standard InChI is InChI=1S/C13H13ClN2O4/c1-18-8-16-13(17)12(11(14)7-15-16)20-10-5-3-9(19-2)4-6-10/h3-7H,8H2,1-2H3. The van der Waals surface area contributed by atoms with Gasteiger partial charge in [0.15, 0.2) is 0 Å². The number of hydrogen-bond donors (Lipinski definition) is 0. The van der Waals surface area contributed by atoms with Crippen LogP contribution in [0.25, 0.3) is 0 Å². The van der Waals surface area contributed by atoms with Gasteiger partial charge < -0.3 is 14.2 Å². The number of hydrogen-bond acceptors (Lipinski definition) is 5. The van der Waals surface area contributed by atoms with E-state index in [1.807, 2.05) is 0 Å². The molecule has 0 fully saturated rings. The molecule has 0 aliphatic carbocycles. The maximum absolute atomic E-state index is 12.1. The lowest BCUT2D eigenvalue weighted by molar-refractivity contribution is 0.115. The van der Waals surface area contributed by atoms with Crippen LogP contribution in [0.5, 0.6) is 17.2 Å². The molecule has 0 atom stereocenters. The van der Waals surface area contributed by atoms with Gasteiger partial charge in [-0.05, 0) is 24.3 Å². The quantitative estimate of drug-likeness (QED) is 0.847. The Balaban J connectivity index is 2.32. The van der Waals surface area contributed by atoms with E-state index in [-0.39, 0.29) is 17.5 Å². The summed E-state index contributed by atoms with van der Waals surface area (Å²) in [6.07, 6.45) is 1.33. The Labute approximate surface area is 120 Å². The van der Waals surface area contributed by atoms with E-state index in [2.05, 4.69) is 5.10 Å². The van der Waals surface area contributed by atoms with E-state index in [0.29, 0.717) is 11.5 Å². The Morgan fingerprint density at radius 1 is 1.20 bits per heavy atom. The molecule has 7 heteroatoms. The predicted octanol–water partition coefficient (Wildman–Crippen LogP) is 2.30. The summed E-state index contributed by atoms with van der Waals surface area (Å²) in [4.78, 5) is 12.1. The molecule has 20 heavy (non-hydrogen) atoms. The van der Waals surface area contributed by atoms with Gasteiger partial charge in [-0.2, -0.15) is 5.10 Å². The Morgan fingerprint density at radius 3 is 2.45 bits per heavy atom. The molecule has 0 saturated carbocycles. The zero-order valence-corrected chi connectivity index (χ0v) is 11.8. The van der Waals surface area contributed by atoms with Crippen molar-refractivity contribution in [2.75, 3.05) is 14.2 Å². The van der Waals surface area contributed by atoms with Gasteiger partial charge >= 0.3 is 5.56 Å². The van der Waals surface area contributed by atoms with E-state index in [0.717, 1.165) is 4.68 Å². The molecular weight excluding hydrogens is 284 g/mol. The van der Waals surface area contributed by atoms with Crippen molar-refractivity contribution < 1.29 is 14.2 Å². The molecule has 0 spiro atoms. The SMILES string of the molecule is COCn1ncc(Cl)c(Oc2ccc(OC)cc2)c1=O. The Kier molecular flexibility index (Phi) is 4.60. The highest BCUT2D eigenvalue weighted by molar-refractivity contribution is 6.31. The van der Waals surface area contributed by atoms with Crippen LogP contribution in [0.3, 0.4) is 0 Å². The first-order valence-electron chi connectivity index (χ1n) is 5.72. The van der Waals surface area contributed by atoms with E-state index in [4.69, 9.17) is 25.8 Å². The van der Waals surface area contributed by atoms with Crippen LogP contribution in [-0.2, 0) is 11.5 Å². The first-order chi connectivity index (χ1) is 9.65. The Morgan fingerprint density at radius 2 is 1.85 bits per heavy atom. The molecule has 2 rings (SSSR count). The molecule has 0 bridgehead atoms. The van der Waals surface area contributed by atoms with Crippen LogP contribution in [0.1, 0.15) is 0 Å². The van der Waals surface area contributed by atoms with Gasteiger partial charge in [-0.15, -0.1) is 0 Å². The summed E-state index contributed by atoms with van der Waals surface area (Å²) in [5.41, 5.74) is -0.463. The molecule has 106 valence electrons. The summed E-state index contributed by atoms with van der Waals surface area (Å²) in [7, 11) is 3.03. The van der Waals surface area contributed by atoms with Crippen molar-refractivity contribution in [3.63, 3.8) is 0 Å². The molecular formula is C13H13ClN2O4. The fourth-order valence-corrected chi connectivity index (χ4v) is 1.68. The summed E-state index contributed by atoms with van der Waals surface area (Å²) in [5, 5.41) is 3.98. The van der Waals surface area contributed by atoms with Crippen LogP contribution < -0.4 is 15.0 Å². The zero-order valence-electron chi connectivity index (χ0n) is 11.0. The van der Waals surface area contributed by atoms with Crippen LogP contribution in [0.15, 0.2) is 35.3 Å². The number of benzene rings is 1. The molecule has 0 saturated heterocycles. The zero-order chi connectivity index (χ0) is 14.5. The Bertz CT molecular complexity index is 640. The van der Waals surface area contributed by atoms with Crippen LogP contribution in [0.4, 0.5) is 0 Å². The number of methoxy groups -OCH3 is 2. The minimum Gasteiger partial charge on any atom is -0.497 e. The van der Waals surface area contributed by atoms with Crippen molar-refractivity contribution >= 4 is 11.6 Å². The maximum atomic E-state index is 12.1. The minimum atomic E-state index is -0.463. The van der Waals surface area contributed by atoms with Gasteiger partial charge in [-0.25, -0.2) is 4.68 Å². The van der Waals surface area contributed by atoms with Crippen LogP contribution in [0, 0.1) is 0 Å². The molecule has 1 aromatic heterocycles. The first-order valence-corrected chi connectivity index (χ1v) is 6.10. The van der Waals surface area contributed by atoms with Crippen molar-refractivity contribution in [2.45, 2.75) is 6.73 Å². The molecule has 0 radical (unpaired) electrons. The van der Waals surface area contributed by atoms with E-state index in [9.17, 15) is 4.79 Å². The van der Waals surface area contributed by atoms with Crippen molar-refractivity contribution in [3.05, 3.63) is 45.8 Å². The van der Waals surface area contributed by atoms with Gasteiger partial charge in [0.25, 0.3) is 0 Å². The second-order valence-corrected chi connectivity index (χ2v) is 4.23. The average molecular weight is 297 g/mol. The minimum absolute atomic E-state index is 0.00360. The molecule has 0 unspecified atom stereocenters. The topological polar surface area (TPSA) is 62.6 Å². The average Bonchev–Trinajstić information content (AvgIpc) is 2.47. The van der Waals surface area contributed by atoms with E-state index in [1.165, 1.54) is 13.3 Å². The molecule has 0 N–H and O–H groups in total. The van der Waals surface area contributed by atoms with Crippen LogP contribution in [0.2, 0.25) is 5.02 Å². The van der Waals surface area contributed by atoms with Gasteiger partial charge in [0.1, 0.15) is 23.3 Å². The second kappa shape index (κ2) is 6.40. The highest BCUT2D eigenvalue weighted by atomic mass is 35.5. The monoisotopic (exact) mass is 296 g/mol. The van der Waals surface area contributed by atoms with Gasteiger partial charge in [0, 0.05) is 7.11 Å². The lowest BCUT2D eigenvalue weighted by Crippen LogP contribution is -2.24. The maximum Gasteiger partial charge on any atom is 0.313 e. The van der Waals surface area contributed by atoms with Crippen LogP contribution in [-0.4, -0.2) is 24.0 Å².